The molecule has 1 aromatic rings. The van der Waals surface area contributed by atoms with Gasteiger partial charge in [-0.25, -0.2) is 0 Å². The van der Waals surface area contributed by atoms with Gasteiger partial charge in [-0.05, 0) is 43.6 Å². The second-order valence-corrected chi connectivity index (χ2v) is 5.43. The molecule has 1 aliphatic carbocycles. The van der Waals surface area contributed by atoms with Crippen molar-refractivity contribution in [3.63, 3.8) is 0 Å². The van der Waals surface area contributed by atoms with E-state index < -0.39 is 11.4 Å². The molecule has 0 saturated heterocycles. The fraction of sp³-hybridized carbons (Fsp3) is 0.533. The predicted octanol–water partition coefficient (Wildman–Crippen LogP) is 3.51. The van der Waals surface area contributed by atoms with Gasteiger partial charge in [0.2, 0.25) is 0 Å². The maximum absolute atomic E-state index is 11.6. The van der Waals surface area contributed by atoms with Gasteiger partial charge in [0, 0.05) is 0 Å². The molecule has 0 radical (unpaired) electrons. The fourth-order valence-electron chi connectivity index (χ4n) is 2.77. The minimum atomic E-state index is -0.617. The van der Waals surface area contributed by atoms with Crippen molar-refractivity contribution in [3.8, 4) is 0 Å². The summed E-state index contributed by atoms with van der Waals surface area (Å²) in [7, 11) is 0. The number of carboxylic acid groups (broad SMARTS) is 1. The molecule has 1 saturated carbocycles. The molecule has 0 aromatic heterocycles. The Morgan fingerprint density at radius 1 is 1.29 bits per heavy atom. The van der Waals surface area contributed by atoms with Crippen molar-refractivity contribution in [2.24, 2.45) is 11.3 Å². The van der Waals surface area contributed by atoms with Crippen LogP contribution in [-0.4, -0.2) is 11.1 Å². The predicted molar refractivity (Wildman–Crippen MR) is 67.8 cm³/mol. The van der Waals surface area contributed by atoms with Crippen LogP contribution in [0, 0.1) is 11.3 Å². The minimum Gasteiger partial charge on any atom is -0.481 e. The van der Waals surface area contributed by atoms with E-state index in [9.17, 15) is 9.90 Å². The standard InChI is InChI=1S/C15H20O2/c1-12-7-9-15(10-8-12,14(16)17)11-13-5-3-2-4-6-13/h2-6,12H,7-11H2,1H3,(H,16,17). The van der Waals surface area contributed by atoms with Crippen LogP contribution in [-0.2, 0) is 11.2 Å². The van der Waals surface area contributed by atoms with Crippen LogP contribution in [0.25, 0.3) is 0 Å². The summed E-state index contributed by atoms with van der Waals surface area (Å²) in [6, 6.07) is 10.00. The summed E-state index contributed by atoms with van der Waals surface area (Å²) >= 11 is 0. The van der Waals surface area contributed by atoms with Crippen LogP contribution in [0.2, 0.25) is 0 Å². The average Bonchev–Trinajstić information content (AvgIpc) is 2.33. The maximum Gasteiger partial charge on any atom is 0.309 e. The summed E-state index contributed by atoms with van der Waals surface area (Å²) in [5, 5.41) is 9.54. The SMILES string of the molecule is CC1CCC(Cc2ccccc2)(C(=O)O)CC1. The summed E-state index contributed by atoms with van der Waals surface area (Å²) in [6.45, 7) is 2.22. The van der Waals surface area contributed by atoms with Crippen LogP contribution in [0.1, 0.15) is 38.2 Å². The molecule has 17 heavy (non-hydrogen) atoms. The molecule has 0 unspecified atom stereocenters. The number of hydrogen-bond acceptors (Lipinski definition) is 1. The molecule has 0 heterocycles. The van der Waals surface area contributed by atoms with Crippen molar-refractivity contribution in [2.45, 2.75) is 39.0 Å². The lowest BCUT2D eigenvalue weighted by Crippen LogP contribution is -2.37. The molecule has 1 aromatic carbocycles. The summed E-state index contributed by atoms with van der Waals surface area (Å²) in [4.78, 5) is 11.6. The Hall–Kier alpha value is -1.31. The van der Waals surface area contributed by atoms with Crippen LogP contribution in [0.4, 0.5) is 0 Å². The second kappa shape index (κ2) is 4.91. The molecule has 1 N–H and O–H groups in total. The van der Waals surface area contributed by atoms with E-state index >= 15 is 0 Å². The quantitative estimate of drug-likeness (QED) is 0.865. The van der Waals surface area contributed by atoms with Crippen molar-refractivity contribution in [1.82, 2.24) is 0 Å². The van der Waals surface area contributed by atoms with E-state index in [1.54, 1.807) is 0 Å². The minimum absolute atomic E-state index is 0.520. The summed E-state index contributed by atoms with van der Waals surface area (Å²) in [5.74, 6) is 0.0616. The molecule has 2 nitrogen and oxygen atoms in total. The first-order valence-corrected chi connectivity index (χ1v) is 6.40. The molecule has 0 atom stereocenters. The Balaban J connectivity index is 2.15. The molecule has 0 spiro atoms. The van der Waals surface area contributed by atoms with Crippen molar-refractivity contribution >= 4 is 5.97 Å². The Morgan fingerprint density at radius 2 is 1.88 bits per heavy atom. The van der Waals surface area contributed by atoms with Gasteiger partial charge in [0.05, 0.1) is 5.41 Å². The summed E-state index contributed by atoms with van der Waals surface area (Å²) in [5.41, 5.74) is 0.623. The molecule has 0 aliphatic heterocycles. The molecule has 0 amide bonds. The summed E-state index contributed by atoms with van der Waals surface area (Å²) in [6.07, 6.45) is 4.39. The van der Waals surface area contributed by atoms with Crippen molar-refractivity contribution in [3.05, 3.63) is 35.9 Å². The normalized spacial score (nSPS) is 28.9. The lowest BCUT2D eigenvalue weighted by atomic mass is 9.68. The zero-order chi connectivity index (χ0) is 12.3. The van der Waals surface area contributed by atoms with E-state index in [4.69, 9.17) is 0 Å². The van der Waals surface area contributed by atoms with E-state index in [1.165, 1.54) is 0 Å². The van der Waals surface area contributed by atoms with Gasteiger partial charge in [-0.3, -0.25) is 4.79 Å². The average molecular weight is 232 g/mol. The number of rotatable bonds is 3. The Bertz CT molecular complexity index is 375. The number of aliphatic carboxylic acids is 1. The first-order valence-electron chi connectivity index (χ1n) is 6.40. The zero-order valence-corrected chi connectivity index (χ0v) is 10.4. The molecular weight excluding hydrogens is 212 g/mol. The smallest absolute Gasteiger partial charge is 0.309 e. The number of hydrogen-bond donors (Lipinski definition) is 1. The van der Waals surface area contributed by atoms with Gasteiger partial charge in [0.15, 0.2) is 0 Å². The Morgan fingerprint density at radius 3 is 2.41 bits per heavy atom. The molecule has 92 valence electrons. The number of carbonyl (C=O) groups is 1. The van der Waals surface area contributed by atoms with Gasteiger partial charge in [0.25, 0.3) is 0 Å². The fourth-order valence-corrected chi connectivity index (χ4v) is 2.77. The molecule has 2 rings (SSSR count). The highest BCUT2D eigenvalue weighted by Gasteiger charge is 2.40. The number of carboxylic acids is 1. The van der Waals surface area contributed by atoms with Gasteiger partial charge in [-0.1, -0.05) is 37.3 Å². The largest absolute Gasteiger partial charge is 0.481 e. The van der Waals surface area contributed by atoms with Crippen LogP contribution in [0.3, 0.4) is 0 Å². The number of benzene rings is 1. The molecule has 2 heteroatoms. The van der Waals surface area contributed by atoms with Crippen LogP contribution >= 0.6 is 0 Å². The highest BCUT2D eigenvalue weighted by atomic mass is 16.4. The lowest BCUT2D eigenvalue weighted by molar-refractivity contribution is -0.151. The van der Waals surface area contributed by atoms with E-state index in [1.807, 2.05) is 30.3 Å². The van der Waals surface area contributed by atoms with Crippen LogP contribution < -0.4 is 0 Å². The van der Waals surface area contributed by atoms with Gasteiger partial charge in [0.1, 0.15) is 0 Å². The summed E-state index contributed by atoms with van der Waals surface area (Å²) < 4.78 is 0. The van der Waals surface area contributed by atoms with Crippen molar-refractivity contribution in [1.29, 1.82) is 0 Å². The van der Waals surface area contributed by atoms with Gasteiger partial charge < -0.3 is 5.11 Å². The zero-order valence-electron chi connectivity index (χ0n) is 10.4. The third-order valence-electron chi connectivity index (χ3n) is 4.07. The molecule has 0 bridgehead atoms. The van der Waals surface area contributed by atoms with Crippen LogP contribution in [0.15, 0.2) is 30.3 Å². The monoisotopic (exact) mass is 232 g/mol. The Labute approximate surface area is 103 Å². The third kappa shape index (κ3) is 2.68. The highest BCUT2D eigenvalue weighted by molar-refractivity contribution is 5.75. The maximum atomic E-state index is 11.6. The van der Waals surface area contributed by atoms with Gasteiger partial charge in [-0.2, -0.15) is 0 Å². The molecule has 1 fully saturated rings. The van der Waals surface area contributed by atoms with Gasteiger partial charge in [-0.15, -0.1) is 0 Å². The molecule has 1 aliphatic rings. The first kappa shape index (κ1) is 12.2. The van der Waals surface area contributed by atoms with Crippen LogP contribution in [0.5, 0.6) is 0 Å². The third-order valence-corrected chi connectivity index (χ3v) is 4.07. The molecular formula is C15H20O2. The topological polar surface area (TPSA) is 37.3 Å². The lowest BCUT2D eigenvalue weighted by Gasteiger charge is -2.36. The van der Waals surface area contributed by atoms with Crippen molar-refractivity contribution in [2.75, 3.05) is 0 Å². The van der Waals surface area contributed by atoms with Crippen molar-refractivity contribution < 1.29 is 9.90 Å². The first-order chi connectivity index (χ1) is 8.12. The van der Waals surface area contributed by atoms with E-state index in [0.717, 1.165) is 31.2 Å². The van der Waals surface area contributed by atoms with Gasteiger partial charge >= 0.3 is 5.97 Å². The van der Waals surface area contributed by atoms with E-state index in [2.05, 4.69) is 6.92 Å². The Kier molecular flexibility index (Phi) is 3.51. The van der Waals surface area contributed by atoms with E-state index in [-0.39, 0.29) is 0 Å². The highest BCUT2D eigenvalue weighted by Crippen LogP contribution is 2.41. The van der Waals surface area contributed by atoms with E-state index in [0.29, 0.717) is 12.3 Å². The second-order valence-electron chi connectivity index (χ2n) is 5.43.